The standard InChI is InChI=1S/C15H16FN3O2/c1-3-6-17-15-9-12(19(20)21)8-14(18-15)13-7-11(16)5-4-10(13)2/h4-5,7-9H,3,6H2,1-2H3,(H,17,18). The number of benzene rings is 1. The molecule has 2 aromatic rings. The summed E-state index contributed by atoms with van der Waals surface area (Å²) >= 11 is 0. The Morgan fingerprint density at radius 3 is 2.76 bits per heavy atom. The van der Waals surface area contributed by atoms with E-state index >= 15 is 0 Å². The smallest absolute Gasteiger partial charge is 0.275 e. The minimum Gasteiger partial charge on any atom is -0.370 e. The van der Waals surface area contributed by atoms with E-state index in [0.29, 0.717) is 23.6 Å². The Bertz CT molecular complexity index is 674. The van der Waals surface area contributed by atoms with Crippen LogP contribution >= 0.6 is 0 Å². The van der Waals surface area contributed by atoms with Crippen LogP contribution in [0.5, 0.6) is 0 Å². The molecule has 1 heterocycles. The van der Waals surface area contributed by atoms with Crippen molar-refractivity contribution in [1.29, 1.82) is 0 Å². The van der Waals surface area contributed by atoms with Crippen LogP contribution in [-0.4, -0.2) is 16.5 Å². The molecule has 0 aliphatic carbocycles. The van der Waals surface area contributed by atoms with Gasteiger partial charge in [-0.25, -0.2) is 9.37 Å². The Kier molecular flexibility index (Phi) is 4.47. The lowest BCUT2D eigenvalue weighted by atomic mass is 10.0. The van der Waals surface area contributed by atoms with Gasteiger partial charge in [-0.2, -0.15) is 0 Å². The van der Waals surface area contributed by atoms with Gasteiger partial charge >= 0.3 is 0 Å². The van der Waals surface area contributed by atoms with Gasteiger partial charge in [-0.15, -0.1) is 0 Å². The van der Waals surface area contributed by atoms with Crippen molar-refractivity contribution >= 4 is 11.5 Å². The number of anilines is 1. The molecule has 1 N–H and O–H groups in total. The average Bonchev–Trinajstić information content (AvgIpc) is 2.47. The number of aromatic nitrogens is 1. The summed E-state index contributed by atoms with van der Waals surface area (Å²) < 4.78 is 13.4. The third-order valence-electron chi connectivity index (χ3n) is 3.05. The third kappa shape index (κ3) is 3.53. The van der Waals surface area contributed by atoms with E-state index in [4.69, 9.17) is 0 Å². The number of hydrogen-bond donors (Lipinski definition) is 1. The predicted molar refractivity (Wildman–Crippen MR) is 79.8 cm³/mol. The SMILES string of the molecule is CCCNc1cc([N+](=O)[O-])cc(-c2cc(F)ccc2C)n1. The normalized spacial score (nSPS) is 10.4. The van der Waals surface area contributed by atoms with Gasteiger partial charge in [0.2, 0.25) is 0 Å². The summed E-state index contributed by atoms with van der Waals surface area (Å²) in [5, 5.41) is 14.1. The minimum atomic E-state index is -0.475. The van der Waals surface area contributed by atoms with Crippen molar-refractivity contribution in [3.63, 3.8) is 0 Å². The maximum absolute atomic E-state index is 13.4. The number of rotatable bonds is 5. The van der Waals surface area contributed by atoms with Crippen LogP contribution in [0, 0.1) is 22.9 Å². The molecule has 21 heavy (non-hydrogen) atoms. The first-order valence-electron chi connectivity index (χ1n) is 6.68. The van der Waals surface area contributed by atoms with E-state index in [1.807, 2.05) is 13.8 Å². The van der Waals surface area contributed by atoms with Crippen LogP contribution in [0.4, 0.5) is 15.9 Å². The number of aryl methyl sites for hydroxylation is 1. The highest BCUT2D eigenvalue weighted by Crippen LogP contribution is 2.28. The molecule has 2 rings (SSSR count). The second kappa shape index (κ2) is 6.30. The van der Waals surface area contributed by atoms with E-state index in [1.54, 1.807) is 6.07 Å². The zero-order valence-electron chi connectivity index (χ0n) is 11.9. The molecule has 0 fully saturated rings. The van der Waals surface area contributed by atoms with E-state index < -0.39 is 10.7 Å². The van der Waals surface area contributed by atoms with Crippen molar-refractivity contribution in [2.75, 3.05) is 11.9 Å². The van der Waals surface area contributed by atoms with Crippen molar-refractivity contribution < 1.29 is 9.31 Å². The molecule has 0 unspecified atom stereocenters. The molecular formula is C15H16FN3O2. The molecule has 5 nitrogen and oxygen atoms in total. The first kappa shape index (κ1) is 14.9. The van der Waals surface area contributed by atoms with Crippen molar-refractivity contribution in [3.8, 4) is 11.3 Å². The Labute approximate surface area is 122 Å². The molecular weight excluding hydrogens is 273 g/mol. The topological polar surface area (TPSA) is 68.1 Å². The number of halogens is 1. The van der Waals surface area contributed by atoms with Gasteiger partial charge in [0.25, 0.3) is 5.69 Å². The summed E-state index contributed by atoms with van der Waals surface area (Å²) in [4.78, 5) is 14.9. The summed E-state index contributed by atoms with van der Waals surface area (Å²) in [6, 6.07) is 7.06. The zero-order valence-corrected chi connectivity index (χ0v) is 11.9. The highest BCUT2D eigenvalue weighted by atomic mass is 19.1. The summed E-state index contributed by atoms with van der Waals surface area (Å²) in [6.07, 6.45) is 0.874. The van der Waals surface area contributed by atoms with Gasteiger partial charge < -0.3 is 5.32 Å². The van der Waals surface area contributed by atoms with Crippen LogP contribution in [0.15, 0.2) is 30.3 Å². The van der Waals surface area contributed by atoms with Crippen molar-refractivity contribution in [1.82, 2.24) is 4.98 Å². The number of nitrogens with one attached hydrogen (secondary N) is 1. The molecule has 6 heteroatoms. The maximum atomic E-state index is 13.4. The molecule has 110 valence electrons. The van der Waals surface area contributed by atoms with Crippen LogP contribution in [0.25, 0.3) is 11.3 Å². The minimum absolute atomic E-state index is 0.0673. The Hall–Kier alpha value is -2.50. The first-order chi connectivity index (χ1) is 10.0. The Morgan fingerprint density at radius 1 is 1.33 bits per heavy atom. The highest BCUT2D eigenvalue weighted by Gasteiger charge is 2.14. The predicted octanol–water partition coefficient (Wildman–Crippen LogP) is 3.93. The van der Waals surface area contributed by atoms with Gasteiger partial charge in [0.15, 0.2) is 0 Å². The van der Waals surface area contributed by atoms with E-state index in [2.05, 4.69) is 10.3 Å². The Morgan fingerprint density at radius 2 is 2.10 bits per heavy atom. The molecule has 0 radical (unpaired) electrons. The van der Waals surface area contributed by atoms with E-state index in [0.717, 1.165) is 12.0 Å². The largest absolute Gasteiger partial charge is 0.370 e. The summed E-state index contributed by atoms with van der Waals surface area (Å²) in [5.74, 6) is 0.0247. The van der Waals surface area contributed by atoms with Gasteiger partial charge in [0, 0.05) is 18.2 Å². The second-order valence-corrected chi connectivity index (χ2v) is 4.74. The van der Waals surface area contributed by atoms with Gasteiger partial charge in [-0.3, -0.25) is 10.1 Å². The van der Waals surface area contributed by atoms with Crippen molar-refractivity contribution in [2.45, 2.75) is 20.3 Å². The van der Waals surface area contributed by atoms with E-state index in [-0.39, 0.29) is 5.69 Å². The fraction of sp³-hybridized carbons (Fsp3) is 0.267. The molecule has 0 bridgehead atoms. The van der Waals surface area contributed by atoms with E-state index in [9.17, 15) is 14.5 Å². The molecule has 0 aliphatic heterocycles. The highest BCUT2D eigenvalue weighted by molar-refractivity contribution is 5.68. The van der Waals surface area contributed by atoms with Gasteiger partial charge in [0.1, 0.15) is 11.6 Å². The Balaban J connectivity index is 2.53. The number of nitrogens with zero attached hydrogens (tertiary/aromatic N) is 2. The number of hydrogen-bond acceptors (Lipinski definition) is 4. The fourth-order valence-electron chi connectivity index (χ4n) is 1.97. The lowest BCUT2D eigenvalue weighted by Gasteiger charge is -2.09. The number of pyridine rings is 1. The molecule has 1 aromatic heterocycles. The van der Waals surface area contributed by atoms with Gasteiger partial charge in [0.05, 0.1) is 16.7 Å². The summed E-state index contributed by atoms with van der Waals surface area (Å²) in [6.45, 7) is 4.46. The summed E-state index contributed by atoms with van der Waals surface area (Å²) in [7, 11) is 0. The zero-order chi connectivity index (χ0) is 15.4. The summed E-state index contributed by atoms with van der Waals surface area (Å²) in [5.41, 5.74) is 1.69. The van der Waals surface area contributed by atoms with Crippen LogP contribution < -0.4 is 5.32 Å². The lowest BCUT2D eigenvalue weighted by molar-refractivity contribution is -0.384. The van der Waals surface area contributed by atoms with Crippen LogP contribution in [0.1, 0.15) is 18.9 Å². The quantitative estimate of drug-likeness (QED) is 0.669. The van der Waals surface area contributed by atoms with Crippen LogP contribution in [0.2, 0.25) is 0 Å². The van der Waals surface area contributed by atoms with Crippen LogP contribution in [0.3, 0.4) is 0 Å². The molecule has 0 aliphatic rings. The maximum Gasteiger partial charge on any atom is 0.275 e. The van der Waals surface area contributed by atoms with E-state index in [1.165, 1.54) is 24.3 Å². The van der Waals surface area contributed by atoms with Crippen molar-refractivity contribution in [3.05, 3.63) is 51.8 Å². The lowest BCUT2D eigenvalue weighted by Crippen LogP contribution is -2.04. The number of nitro groups is 1. The molecule has 0 amide bonds. The van der Waals surface area contributed by atoms with Gasteiger partial charge in [-0.1, -0.05) is 13.0 Å². The first-order valence-corrected chi connectivity index (χ1v) is 6.68. The molecule has 0 saturated heterocycles. The molecule has 0 spiro atoms. The average molecular weight is 289 g/mol. The molecule has 1 aromatic carbocycles. The fourth-order valence-corrected chi connectivity index (χ4v) is 1.97. The monoisotopic (exact) mass is 289 g/mol. The third-order valence-corrected chi connectivity index (χ3v) is 3.05. The molecule has 0 saturated carbocycles. The van der Waals surface area contributed by atoms with Crippen LogP contribution in [-0.2, 0) is 0 Å². The second-order valence-electron chi connectivity index (χ2n) is 4.74. The van der Waals surface area contributed by atoms with Gasteiger partial charge in [-0.05, 0) is 31.0 Å². The molecule has 0 atom stereocenters. The van der Waals surface area contributed by atoms with Crippen molar-refractivity contribution in [2.24, 2.45) is 0 Å².